The van der Waals surface area contributed by atoms with Gasteiger partial charge in [0.25, 0.3) is 0 Å². The second-order valence-electron chi connectivity index (χ2n) is 5.63. The standard InChI is InChI=1S/C17H16F3N5O/c1-10(26-13-8-5-9-22-14(13)21)15-23-24-16(25(15)2)11-6-3-4-7-12(11)17(18,19)20/h3-10H,1-2H3,(H2,21,22)/t10-/m0/s1. The van der Waals surface area contributed by atoms with Crippen LogP contribution in [0.4, 0.5) is 19.0 Å². The molecule has 0 bridgehead atoms. The molecule has 1 aromatic carbocycles. The van der Waals surface area contributed by atoms with Crippen molar-refractivity contribution in [1.82, 2.24) is 19.7 Å². The highest BCUT2D eigenvalue weighted by molar-refractivity contribution is 5.61. The first kappa shape index (κ1) is 17.7. The fourth-order valence-electron chi connectivity index (χ4n) is 2.60. The topological polar surface area (TPSA) is 78.8 Å². The van der Waals surface area contributed by atoms with Crippen LogP contribution >= 0.6 is 0 Å². The van der Waals surface area contributed by atoms with E-state index in [4.69, 9.17) is 10.5 Å². The van der Waals surface area contributed by atoms with Crippen molar-refractivity contribution < 1.29 is 17.9 Å². The first-order valence-corrected chi connectivity index (χ1v) is 7.72. The summed E-state index contributed by atoms with van der Waals surface area (Å²) in [4.78, 5) is 3.92. The summed E-state index contributed by atoms with van der Waals surface area (Å²) in [6.07, 6.45) is -3.55. The molecule has 2 N–H and O–H groups in total. The molecule has 2 aromatic heterocycles. The molecule has 6 nitrogen and oxygen atoms in total. The number of aromatic nitrogens is 4. The highest BCUT2D eigenvalue weighted by Gasteiger charge is 2.34. The maximum atomic E-state index is 13.3. The molecule has 3 rings (SSSR count). The third-order valence-corrected chi connectivity index (χ3v) is 3.85. The Balaban J connectivity index is 1.96. The van der Waals surface area contributed by atoms with Crippen LogP contribution in [0.15, 0.2) is 42.6 Å². The van der Waals surface area contributed by atoms with Crippen molar-refractivity contribution in [2.45, 2.75) is 19.2 Å². The summed E-state index contributed by atoms with van der Waals surface area (Å²) >= 11 is 0. The lowest BCUT2D eigenvalue weighted by molar-refractivity contribution is -0.137. The Bertz CT molecular complexity index is 923. The lowest BCUT2D eigenvalue weighted by atomic mass is 10.1. The Hall–Kier alpha value is -3.10. The summed E-state index contributed by atoms with van der Waals surface area (Å²) in [6.45, 7) is 1.70. The van der Waals surface area contributed by atoms with Crippen LogP contribution in [0.3, 0.4) is 0 Å². The quantitative estimate of drug-likeness (QED) is 0.766. The number of ether oxygens (including phenoxy) is 1. The third-order valence-electron chi connectivity index (χ3n) is 3.85. The SMILES string of the molecule is C[C@H](Oc1cccnc1N)c1nnc(-c2ccccc2C(F)(F)F)n1C. The van der Waals surface area contributed by atoms with Gasteiger partial charge in [0.2, 0.25) is 0 Å². The van der Waals surface area contributed by atoms with E-state index in [-0.39, 0.29) is 17.2 Å². The zero-order valence-electron chi connectivity index (χ0n) is 14.0. The molecule has 136 valence electrons. The molecule has 0 saturated heterocycles. The number of benzene rings is 1. The lowest BCUT2D eigenvalue weighted by Crippen LogP contribution is -2.12. The van der Waals surface area contributed by atoms with E-state index in [9.17, 15) is 13.2 Å². The lowest BCUT2D eigenvalue weighted by Gasteiger charge is -2.16. The molecule has 0 aliphatic heterocycles. The smallest absolute Gasteiger partial charge is 0.417 e. The molecule has 0 aliphatic carbocycles. The van der Waals surface area contributed by atoms with Gasteiger partial charge in [0.15, 0.2) is 29.3 Å². The van der Waals surface area contributed by atoms with E-state index < -0.39 is 17.8 Å². The van der Waals surface area contributed by atoms with Crippen LogP contribution in [0.2, 0.25) is 0 Å². The van der Waals surface area contributed by atoms with Crippen molar-refractivity contribution >= 4 is 5.82 Å². The molecule has 0 fully saturated rings. The van der Waals surface area contributed by atoms with Crippen LogP contribution in [0.25, 0.3) is 11.4 Å². The predicted octanol–water partition coefficient (Wildman–Crippen LogP) is 3.62. The zero-order valence-corrected chi connectivity index (χ0v) is 14.0. The maximum Gasteiger partial charge on any atom is 0.417 e. The number of nitrogens with two attached hydrogens (primary N) is 1. The molecule has 9 heteroatoms. The number of anilines is 1. The molecule has 26 heavy (non-hydrogen) atoms. The number of alkyl halides is 3. The number of hydrogen-bond acceptors (Lipinski definition) is 5. The first-order chi connectivity index (χ1) is 12.3. The molecule has 0 saturated carbocycles. The summed E-state index contributed by atoms with van der Waals surface area (Å²) in [5, 5.41) is 7.93. The summed E-state index contributed by atoms with van der Waals surface area (Å²) in [6, 6.07) is 8.55. The molecule has 1 atom stereocenters. The summed E-state index contributed by atoms with van der Waals surface area (Å²) in [5.74, 6) is 1.03. The van der Waals surface area contributed by atoms with E-state index in [0.717, 1.165) is 6.07 Å². The van der Waals surface area contributed by atoms with Gasteiger partial charge in [-0.25, -0.2) is 4.98 Å². The number of nitrogens with zero attached hydrogens (tertiary/aromatic N) is 4. The Morgan fingerprint density at radius 1 is 1.12 bits per heavy atom. The van der Waals surface area contributed by atoms with E-state index in [2.05, 4.69) is 15.2 Å². The average Bonchev–Trinajstić information content (AvgIpc) is 2.97. The van der Waals surface area contributed by atoms with Gasteiger partial charge >= 0.3 is 6.18 Å². The molecule has 3 aromatic rings. The maximum absolute atomic E-state index is 13.3. The number of hydrogen-bond donors (Lipinski definition) is 1. The summed E-state index contributed by atoms with van der Waals surface area (Å²) in [7, 11) is 1.59. The third kappa shape index (κ3) is 3.32. The Morgan fingerprint density at radius 2 is 1.85 bits per heavy atom. The van der Waals surface area contributed by atoms with Crippen LogP contribution in [0.1, 0.15) is 24.4 Å². The monoisotopic (exact) mass is 363 g/mol. The largest absolute Gasteiger partial charge is 0.479 e. The first-order valence-electron chi connectivity index (χ1n) is 7.72. The summed E-state index contributed by atoms with van der Waals surface area (Å²) in [5.41, 5.74) is 4.93. The van der Waals surface area contributed by atoms with Gasteiger partial charge in [0.05, 0.1) is 5.56 Å². The van der Waals surface area contributed by atoms with Gasteiger partial charge in [-0.3, -0.25) is 0 Å². The molecule has 0 aliphatic rings. The van der Waals surface area contributed by atoms with Gasteiger partial charge < -0.3 is 15.0 Å². The Morgan fingerprint density at radius 3 is 2.54 bits per heavy atom. The fourth-order valence-corrected chi connectivity index (χ4v) is 2.60. The van der Waals surface area contributed by atoms with Gasteiger partial charge in [-0.15, -0.1) is 10.2 Å². The number of halogens is 3. The molecular weight excluding hydrogens is 347 g/mol. The minimum Gasteiger partial charge on any atom is -0.479 e. The van der Waals surface area contributed by atoms with Gasteiger partial charge in [-0.2, -0.15) is 13.2 Å². The van der Waals surface area contributed by atoms with E-state index >= 15 is 0 Å². The molecule has 0 amide bonds. The van der Waals surface area contributed by atoms with Crippen LogP contribution < -0.4 is 10.5 Å². The van der Waals surface area contributed by atoms with E-state index in [1.165, 1.54) is 29.0 Å². The summed E-state index contributed by atoms with van der Waals surface area (Å²) < 4.78 is 47.0. The van der Waals surface area contributed by atoms with E-state index in [0.29, 0.717) is 11.6 Å². The average molecular weight is 363 g/mol. The molecular formula is C17H16F3N5O. The van der Waals surface area contributed by atoms with Gasteiger partial charge in [0.1, 0.15) is 0 Å². The highest BCUT2D eigenvalue weighted by Crippen LogP contribution is 2.36. The predicted molar refractivity (Wildman–Crippen MR) is 89.1 cm³/mol. The molecule has 2 heterocycles. The van der Waals surface area contributed by atoms with E-state index in [1.807, 2.05) is 0 Å². The van der Waals surface area contributed by atoms with Gasteiger partial charge in [-0.05, 0) is 25.1 Å². The van der Waals surface area contributed by atoms with Crippen LogP contribution in [0.5, 0.6) is 5.75 Å². The van der Waals surface area contributed by atoms with E-state index in [1.54, 1.807) is 26.1 Å². The normalized spacial score (nSPS) is 12.8. The van der Waals surface area contributed by atoms with Crippen molar-refractivity contribution in [2.24, 2.45) is 7.05 Å². The second kappa shape index (κ2) is 6.66. The van der Waals surface area contributed by atoms with Crippen molar-refractivity contribution in [3.63, 3.8) is 0 Å². The number of rotatable bonds is 4. The Labute approximate surface area is 147 Å². The fraction of sp³-hybridized carbons (Fsp3) is 0.235. The number of nitrogen functional groups attached to an aromatic ring is 1. The minimum absolute atomic E-state index is 0.0469. The molecule has 0 radical (unpaired) electrons. The minimum atomic E-state index is -4.49. The number of pyridine rings is 1. The highest BCUT2D eigenvalue weighted by atomic mass is 19.4. The Kier molecular flexibility index (Phi) is 4.54. The van der Waals surface area contributed by atoms with Gasteiger partial charge in [-0.1, -0.05) is 18.2 Å². The zero-order chi connectivity index (χ0) is 18.9. The van der Waals surface area contributed by atoms with Crippen molar-refractivity contribution in [2.75, 3.05) is 5.73 Å². The molecule has 0 unspecified atom stereocenters. The van der Waals surface area contributed by atoms with Crippen LogP contribution in [0, 0.1) is 0 Å². The van der Waals surface area contributed by atoms with Crippen LogP contribution in [-0.4, -0.2) is 19.7 Å². The van der Waals surface area contributed by atoms with Crippen molar-refractivity contribution in [3.8, 4) is 17.1 Å². The van der Waals surface area contributed by atoms with Crippen molar-refractivity contribution in [1.29, 1.82) is 0 Å². The van der Waals surface area contributed by atoms with Crippen molar-refractivity contribution in [3.05, 3.63) is 54.0 Å². The van der Waals surface area contributed by atoms with Gasteiger partial charge in [0, 0.05) is 18.8 Å². The second-order valence-corrected chi connectivity index (χ2v) is 5.63. The van der Waals surface area contributed by atoms with Crippen LogP contribution in [-0.2, 0) is 13.2 Å². The molecule has 0 spiro atoms.